The van der Waals surface area contributed by atoms with Crippen LogP contribution in [0.3, 0.4) is 0 Å². The van der Waals surface area contributed by atoms with Gasteiger partial charge in [0.05, 0.1) is 38.1 Å². The fourth-order valence-electron chi connectivity index (χ4n) is 7.63. The summed E-state index contributed by atoms with van der Waals surface area (Å²) >= 11 is 0. The lowest BCUT2D eigenvalue weighted by Gasteiger charge is -2.43. The van der Waals surface area contributed by atoms with Gasteiger partial charge in [0.15, 0.2) is 5.79 Å². The van der Waals surface area contributed by atoms with E-state index in [-0.39, 0.29) is 6.04 Å². The SMILES string of the molecule is CCCC(/C1=C/CCC2CC(=NC=N2)/C(OC)=C\1)=C(\c1c(C)ccc(C2CCN(C3COC(C)(C)OC3)CC2)c1C)C(C)C. The van der Waals surface area contributed by atoms with E-state index in [9.17, 15) is 0 Å². The lowest BCUT2D eigenvalue weighted by molar-refractivity contribution is -0.264. The summed E-state index contributed by atoms with van der Waals surface area (Å²) in [5.41, 5.74) is 11.0. The van der Waals surface area contributed by atoms with Gasteiger partial charge in [-0.15, -0.1) is 0 Å². The Kier molecular flexibility index (Phi) is 10.6. The molecule has 1 atom stereocenters. The molecule has 1 aromatic rings. The van der Waals surface area contributed by atoms with Gasteiger partial charge < -0.3 is 14.2 Å². The van der Waals surface area contributed by atoms with E-state index in [1.807, 2.05) is 13.8 Å². The predicted octanol–water partition coefficient (Wildman–Crippen LogP) is 8.34. The quantitative estimate of drug-likeness (QED) is 0.301. The Morgan fingerprint density at radius 2 is 1.82 bits per heavy atom. The number of aryl methyl sites for hydroxylation is 1. The molecule has 0 amide bonds. The molecule has 0 saturated carbocycles. The third-order valence-electron chi connectivity index (χ3n) is 10.0. The average Bonchev–Trinajstić information content (AvgIpc) is 3.06. The highest BCUT2D eigenvalue weighted by atomic mass is 16.7. The molecule has 1 aliphatic carbocycles. The molecule has 2 fully saturated rings. The first kappa shape index (κ1) is 32.8. The van der Waals surface area contributed by atoms with Gasteiger partial charge >= 0.3 is 0 Å². The van der Waals surface area contributed by atoms with Crippen LogP contribution >= 0.6 is 0 Å². The van der Waals surface area contributed by atoms with Crippen molar-refractivity contribution in [3.05, 3.63) is 63.4 Å². The zero-order chi connectivity index (χ0) is 31.4. The van der Waals surface area contributed by atoms with E-state index < -0.39 is 5.79 Å². The van der Waals surface area contributed by atoms with Crippen LogP contribution in [-0.4, -0.2) is 68.2 Å². The summed E-state index contributed by atoms with van der Waals surface area (Å²) in [5, 5.41) is 0. The van der Waals surface area contributed by atoms with Crippen LogP contribution in [-0.2, 0) is 14.2 Å². The van der Waals surface area contributed by atoms with Crippen LogP contribution in [0.5, 0.6) is 0 Å². The van der Waals surface area contributed by atoms with Crippen molar-refractivity contribution in [2.24, 2.45) is 15.9 Å². The fourth-order valence-corrected chi connectivity index (χ4v) is 7.63. The second-order valence-electron chi connectivity index (χ2n) is 13.9. The Morgan fingerprint density at radius 3 is 2.48 bits per heavy atom. The fraction of sp³-hybridized carbons (Fsp3) is 0.632. The van der Waals surface area contributed by atoms with Crippen molar-refractivity contribution in [3.63, 3.8) is 0 Å². The maximum Gasteiger partial charge on any atom is 0.162 e. The second-order valence-corrected chi connectivity index (χ2v) is 13.9. The van der Waals surface area contributed by atoms with E-state index in [1.54, 1.807) is 13.4 Å². The smallest absolute Gasteiger partial charge is 0.162 e. The third kappa shape index (κ3) is 7.29. The second kappa shape index (κ2) is 14.3. The van der Waals surface area contributed by atoms with Crippen LogP contribution < -0.4 is 0 Å². The molecule has 3 heterocycles. The molecule has 2 saturated heterocycles. The summed E-state index contributed by atoms with van der Waals surface area (Å²) in [4.78, 5) is 11.9. The zero-order valence-electron chi connectivity index (χ0n) is 28.5. The van der Waals surface area contributed by atoms with Crippen molar-refractivity contribution in [1.29, 1.82) is 0 Å². The maximum atomic E-state index is 5.99. The largest absolute Gasteiger partial charge is 0.495 e. The van der Waals surface area contributed by atoms with Crippen molar-refractivity contribution in [2.45, 2.75) is 117 Å². The normalized spacial score (nSPS) is 26.5. The number of likely N-dealkylation sites (tertiary alicyclic amines) is 1. The first-order valence-electron chi connectivity index (χ1n) is 17.0. The van der Waals surface area contributed by atoms with E-state index in [0.717, 1.165) is 69.9 Å². The van der Waals surface area contributed by atoms with Gasteiger partial charge in [0.25, 0.3) is 0 Å². The van der Waals surface area contributed by atoms with Crippen LogP contribution in [0.15, 0.2) is 51.2 Å². The topological polar surface area (TPSA) is 55.7 Å². The van der Waals surface area contributed by atoms with Gasteiger partial charge in [0.2, 0.25) is 0 Å². The van der Waals surface area contributed by atoms with Crippen LogP contribution in [0.25, 0.3) is 5.57 Å². The number of methoxy groups -OCH3 is 1. The van der Waals surface area contributed by atoms with Crippen molar-refractivity contribution in [1.82, 2.24) is 4.90 Å². The molecule has 0 aromatic heterocycles. The number of fused-ring (bicyclic) bond motifs is 2. The summed E-state index contributed by atoms with van der Waals surface area (Å²) in [6.45, 7) is 19.4. The van der Waals surface area contributed by atoms with Gasteiger partial charge in [0, 0.05) is 6.42 Å². The molecule has 6 nitrogen and oxygen atoms in total. The average molecular weight is 602 g/mol. The monoisotopic (exact) mass is 601 g/mol. The van der Waals surface area contributed by atoms with Gasteiger partial charge in [-0.3, -0.25) is 9.89 Å². The van der Waals surface area contributed by atoms with Crippen molar-refractivity contribution in [2.75, 3.05) is 33.4 Å². The highest BCUT2D eigenvalue weighted by Crippen LogP contribution is 2.41. The Hall–Kier alpha value is -2.54. The van der Waals surface area contributed by atoms with Gasteiger partial charge in [-0.25, -0.2) is 4.99 Å². The molecular formula is C38H55N3O3. The number of hydrogen-bond acceptors (Lipinski definition) is 6. The minimum atomic E-state index is -0.462. The lowest BCUT2D eigenvalue weighted by Crippen LogP contribution is -2.52. The van der Waals surface area contributed by atoms with Gasteiger partial charge in [-0.1, -0.05) is 45.4 Å². The number of hydrogen-bond donors (Lipinski definition) is 0. The molecule has 0 spiro atoms. The maximum absolute atomic E-state index is 5.99. The van der Waals surface area contributed by atoms with Crippen LogP contribution in [0.4, 0.5) is 0 Å². The molecule has 5 rings (SSSR count). The minimum absolute atomic E-state index is 0.275. The first-order chi connectivity index (χ1) is 21.1. The summed E-state index contributed by atoms with van der Waals surface area (Å²) in [5.74, 6) is 1.36. The number of nitrogens with zero attached hydrogens (tertiary/aromatic N) is 3. The van der Waals surface area contributed by atoms with Crippen LogP contribution in [0, 0.1) is 19.8 Å². The van der Waals surface area contributed by atoms with Gasteiger partial charge in [0.1, 0.15) is 12.1 Å². The number of benzene rings is 1. The number of allylic oxidation sites excluding steroid dienone is 6. The standard InChI is InChI=1S/C38H55N3O3/c1-9-11-33(29-12-10-13-30-21-34(40-24-39-30)35(20-29)42-8)36(25(2)3)37-26(4)14-15-32(27(37)5)28-16-18-41(19-17-28)31-22-43-38(6,7)44-23-31/h12,14-15,20,24-25,28,30-31H,9-11,13,16-19,21-23H2,1-8H3/b29-12+,35-20+,36-33+. The van der Waals surface area contributed by atoms with E-state index >= 15 is 0 Å². The molecule has 1 unspecified atom stereocenters. The summed E-state index contributed by atoms with van der Waals surface area (Å²) in [6.07, 6.45) is 13.8. The van der Waals surface area contributed by atoms with Crippen molar-refractivity contribution in [3.8, 4) is 0 Å². The van der Waals surface area contributed by atoms with Crippen LogP contribution in [0.1, 0.15) is 108 Å². The van der Waals surface area contributed by atoms with E-state index in [4.69, 9.17) is 14.2 Å². The molecule has 6 heteroatoms. The highest BCUT2D eigenvalue weighted by molar-refractivity contribution is 6.04. The third-order valence-corrected chi connectivity index (χ3v) is 10.0. The molecule has 4 aliphatic rings. The minimum Gasteiger partial charge on any atom is -0.495 e. The Morgan fingerprint density at radius 1 is 1.09 bits per heavy atom. The van der Waals surface area contributed by atoms with E-state index in [1.165, 1.54) is 51.8 Å². The van der Waals surface area contributed by atoms with Crippen LogP contribution in [0.2, 0.25) is 0 Å². The zero-order valence-corrected chi connectivity index (χ0v) is 28.5. The molecule has 240 valence electrons. The molecule has 3 aliphatic heterocycles. The highest BCUT2D eigenvalue weighted by Gasteiger charge is 2.34. The van der Waals surface area contributed by atoms with E-state index in [0.29, 0.717) is 17.9 Å². The Bertz CT molecular complexity index is 1330. The molecule has 44 heavy (non-hydrogen) atoms. The Labute approximate surface area is 266 Å². The number of ether oxygens (including phenoxy) is 3. The summed E-state index contributed by atoms with van der Waals surface area (Å²) in [7, 11) is 1.77. The van der Waals surface area contributed by atoms with Gasteiger partial charge in [-0.05, 0) is 130 Å². The lowest BCUT2D eigenvalue weighted by atomic mass is 9.77. The molecular weight excluding hydrogens is 546 g/mol. The number of aliphatic imine (C=N–C) groups is 2. The van der Waals surface area contributed by atoms with Crippen molar-refractivity contribution < 1.29 is 14.2 Å². The summed E-state index contributed by atoms with van der Waals surface area (Å²) < 4.78 is 17.9. The predicted molar refractivity (Wildman–Crippen MR) is 183 cm³/mol. The molecule has 1 aromatic carbocycles. The molecule has 2 bridgehead atoms. The van der Waals surface area contributed by atoms with E-state index in [2.05, 4.69) is 73.8 Å². The van der Waals surface area contributed by atoms with Crippen molar-refractivity contribution >= 4 is 17.6 Å². The first-order valence-corrected chi connectivity index (χ1v) is 17.0. The molecule has 0 N–H and O–H groups in total. The Balaban J connectivity index is 1.49. The summed E-state index contributed by atoms with van der Waals surface area (Å²) in [6, 6.07) is 5.43. The molecule has 0 radical (unpaired) electrons. The van der Waals surface area contributed by atoms with Gasteiger partial charge in [-0.2, -0.15) is 0 Å². The number of piperidine rings is 1. The number of rotatable bonds is 8.